The van der Waals surface area contributed by atoms with Gasteiger partial charge in [0.15, 0.2) is 0 Å². The van der Waals surface area contributed by atoms with Gasteiger partial charge in [-0.05, 0) is 109 Å². The fourth-order valence-corrected chi connectivity index (χ4v) is 11.1. The van der Waals surface area contributed by atoms with E-state index in [1.165, 1.54) is 25.7 Å². The highest BCUT2D eigenvalue weighted by molar-refractivity contribution is 6.03. The number of aliphatic hydroxyl groups is 2. The molecule has 5 aliphatic rings. The molecule has 10 nitrogen and oxygen atoms in total. The van der Waals surface area contributed by atoms with Crippen molar-refractivity contribution in [3.05, 3.63) is 90.5 Å². The Kier molecular flexibility index (Phi) is 14.5. The van der Waals surface area contributed by atoms with E-state index in [1.54, 1.807) is 6.08 Å². The van der Waals surface area contributed by atoms with Crippen LogP contribution in [0.25, 0.3) is 10.8 Å². The molecule has 3 fully saturated rings. The molecular formula is C51H66N2O8. The predicted octanol–water partition coefficient (Wildman–Crippen LogP) is 10.2. The van der Waals surface area contributed by atoms with Crippen LogP contribution in [0.3, 0.4) is 0 Å². The average molecular weight is 835 g/mol. The highest BCUT2D eigenvalue weighted by atomic mass is 16.8. The SMILES string of the molecule is C=CCO[C@@]12Oc3ccc(Oc4ccc5ccccc5c4)cc3[C@H]3[C@H](CCCCO)[C@@H](CCCCO)C=C(C(=NOC4CCCCO4)C[C@@H]1N(C)C(=O)CCC1CCCC1)[C@H]32. The lowest BCUT2D eigenvalue weighted by molar-refractivity contribution is -0.256. The standard InChI is InChI=1S/C51H66N2O8/c1-3-29-58-51-46(53(2)47(56)26-21-35-14-4-5-15-35)34-44(52-61-48-20-10-13-30-57-48)42-32-38(18-8-11-27-54)41(19-9-12-28-55)49(50(42)51)43-33-40(24-25-45(43)60-51)59-39-23-22-36-16-6-7-17-37(36)31-39/h3,6-7,16-17,22-25,31-33,35,38,41,46,48-50,54-55H,1,4-5,8-15,18-21,26-30,34H2,2H3/t38-,41+,46-,48?,49+,50+,51+/m0/s1. The molecule has 0 spiro atoms. The second-order valence-corrected chi connectivity index (χ2v) is 18.0. The molecule has 2 saturated carbocycles. The van der Waals surface area contributed by atoms with E-state index in [4.69, 9.17) is 28.9 Å². The molecular weight excluding hydrogens is 769 g/mol. The van der Waals surface area contributed by atoms with Gasteiger partial charge < -0.3 is 38.9 Å². The van der Waals surface area contributed by atoms with Crippen molar-refractivity contribution in [2.75, 3.05) is 33.5 Å². The molecule has 1 amide bonds. The number of oxime groups is 1. The third kappa shape index (κ3) is 9.58. The molecule has 2 heterocycles. The number of allylic oxidation sites excluding steroid dienone is 1. The molecule has 1 unspecified atom stereocenters. The van der Waals surface area contributed by atoms with Crippen LogP contribution in [0, 0.1) is 23.7 Å². The van der Waals surface area contributed by atoms with E-state index in [0.29, 0.717) is 49.7 Å². The summed E-state index contributed by atoms with van der Waals surface area (Å²) in [6.07, 6.45) is 17.9. The van der Waals surface area contributed by atoms with Crippen molar-refractivity contribution in [2.24, 2.45) is 28.8 Å². The molecule has 3 aliphatic carbocycles. The molecule has 7 atom stereocenters. The molecule has 2 N–H and O–H groups in total. The maximum Gasteiger partial charge on any atom is 0.239 e. The minimum atomic E-state index is -1.28. The number of amides is 1. The lowest BCUT2D eigenvalue weighted by atomic mass is 9.55. The summed E-state index contributed by atoms with van der Waals surface area (Å²) in [4.78, 5) is 22.6. The van der Waals surface area contributed by atoms with Gasteiger partial charge in [-0.25, -0.2) is 0 Å². The second-order valence-electron chi connectivity index (χ2n) is 18.0. The highest BCUT2D eigenvalue weighted by Gasteiger charge is 2.65. The van der Waals surface area contributed by atoms with Gasteiger partial charge in [-0.15, -0.1) is 6.58 Å². The van der Waals surface area contributed by atoms with Crippen molar-refractivity contribution in [1.29, 1.82) is 0 Å². The summed E-state index contributed by atoms with van der Waals surface area (Å²) in [6, 6.07) is 20.0. The molecule has 0 bridgehead atoms. The number of carbonyl (C=O) groups is 1. The summed E-state index contributed by atoms with van der Waals surface area (Å²) < 4.78 is 27.1. The normalized spacial score (nSPS) is 27.8. The number of likely N-dealkylation sites (N-methyl/N-ethyl adjacent to an activating group) is 1. The van der Waals surface area contributed by atoms with Gasteiger partial charge in [0.2, 0.25) is 18.0 Å². The van der Waals surface area contributed by atoms with Crippen LogP contribution < -0.4 is 9.47 Å². The minimum Gasteiger partial charge on any atom is -0.459 e. The molecule has 2 aliphatic heterocycles. The van der Waals surface area contributed by atoms with E-state index in [0.717, 1.165) is 84.7 Å². The summed E-state index contributed by atoms with van der Waals surface area (Å²) >= 11 is 0. The fraction of sp³-hybridized carbons (Fsp3) is 0.569. The zero-order chi connectivity index (χ0) is 42.2. The van der Waals surface area contributed by atoms with Crippen molar-refractivity contribution < 1.29 is 38.8 Å². The Morgan fingerprint density at radius 1 is 0.918 bits per heavy atom. The van der Waals surface area contributed by atoms with Crippen LogP contribution in [0.1, 0.15) is 114 Å². The van der Waals surface area contributed by atoms with Gasteiger partial charge in [0, 0.05) is 51.0 Å². The number of benzene rings is 3. The lowest BCUT2D eigenvalue weighted by Gasteiger charge is -2.59. The van der Waals surface area contributed by atoms with Crippen molar-refractivity contribution in [1.82, 2.24) is 4.90 Å². The van der Waals surface area contributed by atoms with Gasteiger partial charge in [0.05, 0.1) is 24.8 Å². The number of ether oxygens (including phenoxy) is 4. The first-order valence-electron chi connectivity index (χ1n) is 23.2. The molecule has 10 heteroatoms. The van der Waals surface area contributed by atoms with Crippen LogP contribution in [0.15, 0.2) is 90.1 Å². The number of nitrogens with zero attached hydrogens (tertiary/aromatic N) is 2. The zero-order valence-electron chi connectivity index (χ0n) is 36.1. The van der Waals surface area contributed by atoms with Crippen molar-refractivity contribution in [3.63, 3.8) is 0 Å². The smallest absolute Gasteiger partial charge is 0.239 e. The van der Waals surface area contributed by atoms with E-state index in [2.05, 4.69) is 43.0 Å². The number of hydrogen-bond donors (Lipinski definition) is 2. The number of carbonyl (C=O) groups excluding carboxylic acids is 1. The summed E-state index contributed by atoms with van der Waals surface area (Å²) in [7, 11) is 1.91. The molecule has 328 valence electrons. The fourth-order valence-electron chi connectivity index (χ4n) is 11.1. The van der Waals surface area contributed by atoms with Crippen LogP contribution in [-0.2, 0) is 19.1 Å². The molecule has 61 heavy (non-hydrogen) atoms. The van der Waals surface area contributed by atoms with Gasteiger partial charge >= 0.3 is 0 Å². The minimum absolute atomic E-state index is 0.0732. The Balaban J connectivity index is 1.26. The Bertz CT molecular complexity index is 2020. The number of aliphatic hydroxyl groups excluding tert-OH is 2. The van der Waals surface area contributed by atoms with Crippen molar-refractivity contribution in [2.45, 2.75) is 127 Å². The monoisotopic (exact) mass is 834 g/mol. The Morgan fingerprint density at radius 3 is 2.44 bits per heavy atom. The number of rotatable bonds is 19. The summed E-state index contributed by atoms with van der Waals surface area (Å²) in [5.74, 6) is 1.29. The summed E-state index contributed by atoms with van der Waals surface area (Å²) in [5, 5.41) is 27.1. The summed E-state index contributed by atoms with van der Waals surface area (Å²) in [5.41, 5.74) is 2.84. The number of fused-ring (bicyclic) bond motifs is 3. The molecule has 1 saturated heterocycles. The lowest BCUT2D eigenvalue weighted by Crippen LogP contribution is -2.69. The van der Waals surface area contributed by atoms with Crippen LogP contribution in [0.5, 0.6) is 17.2 Å². The Hall–Kier alpha value is -4.22. The molecule has 0 aromatic heterocycles. The predicted molar refractivity (Wildman–Crippen MR) is 238 cm³/mol. The van der Waals surface area contributed by atoms with Crippen LogP contribution in [0.4, 0.5) is 0 Å². The maximum absolute atomic E-state index is 14.5. The number of unbranched alkanes of at least 4 members (excludes halogenated alkanes) is 2. The first-order valence-corrected chi connectivity index (χ1v) is 23.2. The summed E-state index contributed by atoms with van der Waals surface area (Å²) in [6.45, 7) is 5.19. The van der Waals surface area contributed by atoms with Crippen molar-refractivity contribution >= 4 is 22.4 Å². The van der Waals surface area contributed by atoms with E-state index in [9.17, 15) is 15.0 Å². The second kappa shape index (κ2) is 20.3. The van der Waals surface area contributed by atoms with Crippen LogP contribution >= 0.6 is 0 Å². The topological polar surface area (TPSA) is 119 Å². The van der Waals surface area contributed by atoms with Crippen molar-refractivity contribution in [3.8, 4) is 17.2 Å². The van der Waals surface area contributed by atoms with Crippen LogP contribution in [-0.4, -0.2) is 78.3 Å². The van der Waals surface area contributed by atoms with E-state index in [1.807, 2.05) is 42.3 Å². The van der Waals surface area contributed by atoms with E-state index < -0.39 is 18.1 Å². The Morgan fingerprint density at radius 2 is 1.67 bits per heavy atom. The van der Waals surface area contributed by atoms with Gasteiger partial charge in [-0.1, -0.05) is 86.2 Å². The van der Waals surface area contributed by atoms with Gasteiger partial charge in [-0.2, -0.15) is 0 Å². The third-order valence-electron chi connectivity index (χ3n) is 14.1. The first-order chi connectivity index (χ1) is 29.9. The third-order valence-corrected chi connectivity index (χ3v) is 14.1. The molecule has 3 aromatic rings. The first kappa shape index (κ1) is 43.4. The van der Waals surface area contributed by atoms with E-state index in [-0.39, 0.29) is 49.4 Å². The average Bonchev–Trinajstić information content (AvgIpc) is 3.82. The highest BCUT2D eigenvalue weighted by Crippen LogP contribution is 2.62. The van der Waals surface area contributed by atoms with Crippen LogP contribution in [0.2, 0.25) is 0 Å². The Labute approximate surface area is 361 Å². The number of hydrogen-bond acceptors (Lipinski definition) is 9. The molecule has 8 rings (SSSR count). The maximum atomic E-state index is 14.5. The van der Waals surface area contributed by atoms with Gasteiger partial charge in [-0.3, -0.25) is 4.79 Å². The molecule has 3 aromatic carbocycles. The van der Waals surface area contributed by atoms with Gasteiger partial charge in [0.1, 0.15) is 23.3 Å². The zero-order valence-corrected chi connectivity index (χ0v) is 36.1. The largest absolute Gasteiger partial charge is 0.459 e. The van der Waals surface area contributed by atoms with Gasteiger partial charge in [0.25, 0.3) is 0 Å². The van der Waals surface area contributed by atoms with E-state index >= 15 is 0 Å². The quantitative estimate of drug-likeness (QED) is 0.0696. The molecule has 0 radical (unpaired) electrons.